The average Bonchev–Trinajstić information content (AvgIpc) is 2.59. The van der Waals surface area contributed by atoms with Crippen LogP contribution >= 0.6 is 0 Å². The van der Waals surface area contributed by atoms with E-state index < -0.39 is 11.9 Å². The monoisotopic (exact) mass is 338 g/mol. The molecule has 0 saturated carbocycles. The maximum absolute atomic E-state index is 12.0. The lowest BCUT2D eigenvalue weighted by Crippen LogP contribution is -1.90. The lowest BCUT2D eigenvalue weighted by atomic mass is 10.2. The Morgan fingerprint density at radius 1 is 0.840 bits per heavy atom. The number of hydrogen-bond acceptors (Lipinski definition) is 4. The van der Waals surface area contributed by atoms with Crippen LogP contribution < -0.4 is 0 Å². The molecule has 0 radical (unpaired) electrons. The number of carboxylic acid groups (broad SMARTS) is 2. The minimum absolute atomic E-state index is 0.294. The van der Waals surface area contributed by atoms with E-state index in [4.69, 9.17) is 10.2 Å². The second kappa shape index (κ2) is 8.21. The third-order valence-electron chi connectivity index (χ3n) is 3.05. The zero-order valence-corrected chi connectivity index (χ0v) is 12.9. The van der Waals surface area contributed by atoms with Gasteiger partial charge in [-0.1, -0.05) is 17.0 Å². The first-order valence-corrected chi connectivity index (χ1v) is 7.15. The quantitative estimate of drug-likeness (QED) is 0.360. The Morgan fingerprint density at radius 3 is 1.72 bits per heavy atom. The molecule has 0 amide bonds. The van der Waals surface area contributed by atoms with Gasteiger partial charge in [0.25, 0.3) is 0 Å². The summed E-state index contributed by atoms with van der Waals surface area (Å²) < 4.78 is 0. The molecule has 0 aliphatic rings. The van der Waals surface area contributed by atoms with E-state index in [1.165, 1.54) is 24.3 Å². The number of aliphatic carboxylic acids is 2. The van der Waals surface area contributed by atoms with Crippen LogP contribution in [0.4, 0.5) is 11.4 Å². The first-order chi connectivity index (χ1) is 11.9. The number of carbonyl (C=O) groups is 2. The van der Waals surface area contributed by atoms with E-state index in [1.807, 2.05) is 0 Å². The van der Waals surface area contributed by atoms with Crippen LogP contribution in [0.5, 0.6) is 0 Å². The molecule has 0 unspecified atom stereocenters. The van der Waals surface area contributed by atoms with Crippen LogP contribution in [-0.2, 0) is 9.59 Å². The van der Waals surface area contributed by atoms with Crippen molar-refractivity contribution in [2.24, 2.45) is 5.11 Å². The molecule has 2 aromatic carbocycles. The Balaban J connectivity index is 2.12. The minimum Gasteiger partial charge on any atom is -0.594 e. The Bertz CT molecular complexity index is 850. The van der Waals surface area contributed by atoms with Crippen molar-refractivity contribution >= 4 is 35.5 Å². The lowest BCUT2D eigenvalue weighted by Gasteiger charge is -2.01. The van der Waals surface area contributed by atoms with E-state index in [0.29, 0.717) is 27.4 Å². The molecule has 2 rings (SSSR count). The van der Waals surface area contributed by atoms with Gasteiger partial charge in [0.2, 0.25) is 5.69 Å². The normalized spacial score (nSPS) is 11.9. The largest absolute Gasteiger partial charge is 0.594 e. The van der Waals surface area contributed by atoms with Crippen LogP contribution in [0.15, 0.2) is 65.8 Å². The van der Waals surface area contributed by atoms with E-state index in [1.54, 1.807) is 36.4 Å². The molecular weight excluding hydrogens is 324 g/mol. The summed E-state index contributed by atoms with van der Waals surface area (Å²) in [6.07, 6.45) is 4.88. The van der Waals surface area contributed by atoms with Gasteiger partial charge in [-0.25, -0.2) is 9.59 Å². The standard InChI is InChI=1S/C18H14N2O5/c21-17(22)11-5-13-1-7-15(8-2-13)19-20(25)16-9-3-14(4-10-16)6-12-18(23)24/h1-12H,(H,21,22)(H,23,24)/b11-5+,12-6-,20-19?. The fraction of sp³-hybridized carbons (Fsp3) is 0. The highest BCUT2D eigenvalue weighted by Gasteiger charge is 2.04. The van der Waals surface area contributed by atoms with E-state index in [9.17, 15) is 14.8 Å². The van der Waals surface area contributed by atoms with Gasteiger partial charge < -0.3 is 15.4 Å². The third kappa shape index (κ3) is 5.76. The highest BCUT2D eigenvalue weighted by atomic mass is 16.5. The van der Waals surface area contributed by atoms with Crippen molar-refractivity contribution in [1.82, 2.24) is 0 Å². The topological polar surface area (TPSA) is 113 Å². The van der Waals surface area contributed by atoms with Gasteiger partial charge in [-0.3, -0.25) is 0 Å². The number of benzene rings is 2. The van der Waals surface area contributed by atoms with Crippen molar-refractivity contribution in [3.05, 3.63) is 77.0 Å². The fourth-order valence-electron chi connectivity index (χ4n) is 1.86. The van der Waals surface area contributed by atoms with E-state index in [2.05, 4.69) is 5.11 Å². The summed E-state index contributed by atoms with van der Waals surface area (Å²) in [5.41, 5.74) is 2.03. The molecule has 126 valence electrons. The van der Waals surface area contributed by atoms with Crippen molar-refractivity contribution < 1.29 is 24.7 Å². The number of hydrogen-bond donors (Lipinski definition) is 2. The fourth-order valence-corrected chi connectivity index (χ4v) is 1.86. The zero-order valence-electron chi connectivity index (χ0n) is 12.9. The number of carboxylic acids is 2. The summed E-state index contributed by atoms with van der Waals surface area (Å²) in [5, 5.41) is 33.1. The molecule has 0 saturated heterocycles. The Hall–Kier alpha value is -3.74. The van der Waals surface area contributed by atoms with Crippen LogP contribution in [0.2, 0.25) is 0 Å². The van der Waals surface area contributed by atoms with Crippen LogP contribution in [-0.4, -0.2) is 27.0 Å². The lowest BCUT2D eigenvalue weighted by molar-refractivity contribution is -0.435. The van der Waals surface area contributed by atoms with Crippen molar-refractivity contribution in [2.75, 3.05) is 0 Å². The highest BCUT2D eigenvalue weighted by Crippen LogP contribution is 2.19. The van der Waals surface area contributed by atoms with E-state index in [0.717, 1.165) is 12.2 Å². The molecule has 0 aliphatic heterocycles. The van der Waals surface area contributed by atoms with Gasteiger partial charge in [-0.05, 0) is 47.5 Å². The van der Waals surface area contributed by atoms with Gasteiger partial charge in [-0.15, -0.1) is 0 Å². The molecule has 0 fully saturated rings. The first-order valence-electron chi connectivity index (χ1n) is 7.15. The Morgan fingerprint density at radius 2 is 1.28 bits per heavy atom. The Kier molecular flexibility index (Phi) is 5.78. The van der Waals surface area contributed by atoms with Crippen LogP contribution in [0.25, 0.3) is 12.2 Å². The Labute approximate surface area is 143 Å². The molecule has 7 nitrogen and oxygen atoms in total. The van der Waals surface area contributed by atoms with Crippen molar-refractivity contribution in [1.29, 1.82) is 0 Å². The molecular formula is C18H14N2O5. The maximum Gasteiger partial charge on any atom is 0.328 e. The second-order valence-electron chi connectivity index (χ2n) is 4.90. The minimum atomic E-state index is -1.05. The van der Waals surface area contributed by atoms with Gasteiger partial charge in [0.15, 0.2) is 0 Å². The van der Waals surface area contributed by atoms with Crippen molar-refractivity contribution in [3.63, 3.8) is 0 Å². The summed E-state index contributed by atoms with van der Waals surface area (Å²) in [7, 11) is 0. The first kappa shape index (κ1) is 17.6. The molecule has 7 heteroatoms. The van der Waals surface area contributed by atoms with Crippen LogP contribution in [0.3, 0.4) is 0 Å². The predicted molar refractivity (Wildman–Crippen MR) is 91.6 cm³/mol. The van der Waals surface area contributed by atoms with Crippen molar-refractivity contribution in [3.8, 4) is 0 Å². The van der Waals surface area contributed by atoms with Gasteiger partial charge in [-0.2, -0.15) is 0 Å². The summed E-state index contributed by atoms with van der Waals surface area (Å²) in [4.78, 5) is 21.4. The summed E-state index contributed by atoms with van der Waals surface area (Å²) in [5.74, 6) is -2.09. The molecule has 25 heavy (non-hydrogen) atoms. The van der Waals surface area contributed by atoms with Crippen LogP contribution in [0, 0.1) is 5.21 Å². The molecule has 0 aliphatic carbocycles. The molecule has 0 atom stereocenters. The SMILES string of the molecule is O=C(O)/C=C\c1ccc([N+]([O-])=Nc2ccc(/C=C/C(=O)O)cc2)cc1. The molecule has 0 heterocycles. The predicted octanol–water partition coefficient (Wildman–Crippen LogP) is 3.81. The molecule has 0 bridgehead atoms. The van der Waals surface area contributed by atoms with Gasteiger partial charge in [0.1, 0.15) is 5.69 Å². The molecule has 2 N–H and O–H groups in total. The molecule has 0 aromatic heterocycles. The van der Waals surface area contributed by atoms with Crippen molar-refractivity contribution in [2.45, 2.75) is 0 Å². The smallest absolute Gasteiger partial charge is 0.328 e. The van der Waals surface area contributed by atoms with Gasteiger partial charge >= 0.3 is 11.9 Å². The average molecular weight is 338 g/mol. The van der Waals surface area contributed by atoms with Gasteiger partial charge in [0.05, 0.1) is 0 Å². The summed E-state index contributed by atoms with van der Waals surface area (Å²) in [6.45, 7) is 0. The number of rotatable bonds is 6. The van der Waals surface area contributed by atoms with Crippen LogP contribution in [0.1, 0.15) is 11.1 Å². The second-order valence-corrected chi connectivity index (χ2v) is 4.90. The van der Waals surface area contributed by atoms with E-state index >= 15 is 0 Å². The van der Waals surface area contributed by atoms with Gasteiger partial charge in [0, 0.05) is 29.4 Å². The van der Waals surface area contributed by atoms with E-state index in [-0.39, 0.29) is 0 Å². The third-order valence-corrected chi connectivity index (χ3v) is 3.05. The number of azo groups is 1. The zero-order chi connectivity index (χ0) is 18.2. The summed E-state index contributed by atoms with van der Waals surface area (Å²) in [6, 6.07) is 12.7. The molecule has 0 spiro atoms. The highest BCUT2D eigenvalue weighted by molar-refractivity contribution is 5.85. The summed E-state index contributed by atoms with van der Waals surface area (Å²) >= 11 is 0. The number of nitrogens with zero attached hydrogens (tertiary/aromatic N) is 2. The molecule has 2 aromatic rings. The maximum atomic E-state index is 12.0.